The van der Waals surface area contributed by atoms with E-state index in [2.05, 4.69) is 21.2 Å². The Balaban J connectivity index is 3.01. The molecule has 58 valence electrons. The van der Waals surface area contributed by atoms with Gasteiger partial charge in [-0.2, -0.15) is 0 Å². The van der Waals surface area contributed by atoms with Gasteiger partial charge in [0.25, 0.3) is 0 Å². The van der Waals surface area contributed by atoms with Crippen LogP contribution in [0.1, 0.15) is 0 Å². The topological polar surface area (TPSA) is 29.1 Å². The first-order valence-electron chi connectivity index (χ1n) is 2.89. The number of amides is 1. The third-order valence-electron chi connectivity index (χ3n) is 1.14. The van der Waals surface area contributed by atoms with E-state index in [-0.39, 0.29) is 5.69 Å². The number of hydrogen-bond acceptors (Lipinski definition) is 1. The van der Waals surface area contributed by atoms with Crippen LogP contribution in [0.25, 0.3) is 0 Å². The summed E-state index contributed by atoms with van der Waals surface area (Å²) in [4.78, 5) is 9.94. The molecular weight excluding hydrogens is 213 g/mol. The molecule has 1 aromatic rings. The van der Waals surface area contributed by atoms with Gasteiger partial charge in [-0.25, -0.2) is 4.39 Å². The van der Waals surface area contributed by atoms with Crippen LogP contribution in [0.4, 0.5) is 10.1 Å². The fraction of sp³-hybridized carbons (Fsp3) is 0. The van der Waals surface area contributed by atoms with E-state index in [1.54, 1.807) is 6.07 Å². The summed E-state index contributed by atoms with van der Waals surface area (Å²) in [5.74, 6) is -0.444. The predicted molar refractivity (Wildman–Crippen MR) is 43.8 cm³/mol. The summed E-state index contributed by atoms with van der Waals surface area (Å²) in [5, 5.41) is 2.23. The minimum absolute atomic E-state index is 0.175. The van der Waals surface area contributed by atoms with Crippen LogP contribution in [0.15, 0.2) is 22.7 Å². The molecule has 0 spiro atoms. The SMILES string of the molecule is O=CNc1cc(Br)ccc1F. The molecule has 1 rings (SSSR count). The normalized spacial score (nSPS) is 9.27. The lowest BCUT2D eigenvalue weighted by molar-refractivity contribution is -0.105. The van der Waals surface area contributed by atoms with Gasteiger partial charge in [0.2, 0.25) is 6.41 Å². The molecule has 0 bridgehead atoms. The lowest BCUT2D eigenvalue weighted by Gasteiger charge is -1.99. The Morgan fingerprint density at radius 3 is 2.91 bits per heavy atom. The molecule has 0 unspecified atom stereocenters. The highest BCUT2D eigenvalue weighted by Gasteiger charge is 1.99. The van der Waals surface area contributed by atoms with Gasteiger partial charge in [0, 0.05) is 4.47 Å². The first kappa shape index (κ1) is 8.20. The van der Waals surface area contributed by atoms with Crippen LogP contribution in [-0.4, -0.2) is 6.41 Å². The standard InChI is InChI=1S/C7H5BrFNO/c8-5-1-2-6(9)7(3-5)10-4-11/h1-4H,(H,10,11). The molecule has 0 saturated carbocycles. The average Bonchev–Trinajstić information content (AvgIpc) is 1.98. The number of benzene rings is 1. The number of anilines is 1. The second kappa shape index (κ2) is 3.48. The summed E-state index contributed by atoms with van der Waals surface area (Å²) in [5.41, 5.74) is 0.175. The zero-order valence-electron chi connectivity index (χ0n) is 5.47. The van der Waals surface area contributed by atoms with Crippen LogP contribution >= 0.6 is 15.9 Å². The lowest BCUT2D eigenvalue weighted by atomic mass is 10.3. The summed E-state index contributed by atoms with van der Waals surface area (Å²) in [6.07, 6.45) is 0.435. The van der Waals surface area contributed by atoms with Crippen LogP contribution in [-0.2, 0) is 4.79 Å². The van der Waals surface area contributed by atoms with Crippen LogP contribution in [0.3, 0.4) is 0 Å². The van der Waals surface area contributed by atoms with Crippen molar-refractivity contribution < 1.29 is 9.18 Å². The van der Waals surface area contributed by atoms with Crippen molar-refractivity contribution in [3.63, 3.8) is 0 Å². The first-order chi connectivity index (χ1) is 5.24. The monoisotopic (exact) mass is 217 g/mol. The van der Waals surface area contributed by atoms with Gasteiger partial charge in [0.15, 0.2) is 0 Å². The molecule has 1 aromatic carbocycles. The molecule has 0 radical (unpaired) electrons. The van der Waals surface area contributed by atoms with Crippen molar-refractivity contribution in [1.29, 1.82) is 0 Å². The molecule has 11 heavy (non-hydrogen) atoms. The molecule has 0 aliphatic carbocycles. The van der Waals surface area contributed by atoms with E-state index in [1.807, 2.05) is 0 Å². The maximum absolute atomic E-state index is 12.7. The molecule has 0 aliphatic rings. The maximum Gasteiger partial charge on any atom is 0.211 e. The second-order valence-electron chi connectivity index (χ2n) is 1.89. The molecule has 4 heteroatoms. The number of nitrogens with one attached hydrogen (secondary N) is 1. The Hall–Kier alpha value is -0.900. The van der Waals surface area contributed by atoms with E-state index >= 15 is 0 Å². The van der Waals surface area contributed by atoms with E-state index in [0.29, 0.717) is 6.41 Å². The van der Waals surface area contributed by atoms with Gasteiger partial charge in [0.05, 0.1) is 5.69 Å². The van der Waals surface area contributed by atoms with Crippen molar-refractivity contribution in [2.75, 3.05) is 5.32 Å². The van der Waals surface area contributed by atoms with Gasteiger partial charge in [-0.15, -0.1) is 0 Å². The van der Waals surface area contributed by atoms with Gasteiger partial charge in [0.1, 0.15) is 5.82 Å². The van der Waals surface area contributed by atoms with E-state index in [0.717, 1.165) is 4.47 Å². The molecule has 2 nitrogen and oxygen atoms in total. The number of carbonyl (C=O) groups is 1. The molecule has 0 atom stereocenters. The lowest BCUT2D eigenvalue weighted by Crippen LogP contribution is -1.96. The third kappa shape index (κ3) is 2.01. The van der Waals surface area contributed by atoms with E-state index in [1.165, 1.54) is 12.1 Å². The summed E-state index contributed by atoms with van der Waals surface area (Å²) in [6, 6.07) is 4.32. The average molecular weight is 218 g/mol. The number of halogens is 2. The fourth-order valence-corrected chi connectivity index (χ4v) is 1.03. The Bertz CT molecular complexity index is 277. The summed E-state index contributed by atoms with van der Waals surface area (Å²) in [7, 11) is 0. The van der Waals surface area contributed by atoms with Crippen molar-refractivity contribution in [2.24, 2.45) is 0 Å². The summed E-state index contributed by atoms with van der Waals surface area (Å²) >= 11 is 3.14. The molecular formula is C7H5BrFNO. The Kier molecular flexibility index (Phi) is 2.59. The molecule has 0 aliphatic heterocycles. The van der Waals surface area contributed by atoms with E-state index < -0.39 is 5.82 Å². The van der Waals surface area contributed by atoms with E-state index in [4.69, 9.17) is 0 Å². The van der Waals surface area contributed by atoms with Crippen LogP contribution in [0.2, 0.25) is 0 Å². The van der Waals surface area contributed by atoms with Gasteiger partial charge in [-0.05, 0) is 18.2 Å². The summed E-state index contributed by atoms with van der Waals surface area (Å²) < 4.78 is 13.4. The Morgan fingerprint density at radius 1 is 1.55 bits per heavy atom. The van der Waals surface area contributed by atoms with Gasteiger partial charge in [-0.1, -0.05) is 15.9 Å². The van der Waals surface area contributed by atoms with Crippen LogP contribution < -0.4 is 5.32 Å². The smallest absolute Gasteiger partial charge is 0.211 e. The predicted octanol–water partition coefficient (Wildman–Crippen LogP) is 2.16. The van der Waals surface area contributed by atoms with Crippen molar-refractivity contribution >= 4 is 28.0 Å². The second-order valence-corrected chi connectivity index (χ2v) is 2.80. The van der Waals surface area contributed by atoms with Crippen molar-refractivity contribution in [3.05, 3.63) is 28.5 Å². The molecule has 0 aromatic heterocycles. The third-order valence-corrected chi connectivity index (χ3v) is 1.64. The molecule has 0 saturated heterocycles. The molecule has 0 heterocycles. The van der Waals surface area contributed by atoms with E-state index in [9.17, 15) is 9.18 Å². The zero-order valence-corrected chi connectivity index (χ0v) is 7.06. The minimum Gasteiger partial charge on any atom is -0.326 e. The first-order valence-corrected chi connectivity index (χ1v) is 3.68. The largest absolute Gasteiger partial charge is 0.326 e. The number of carbonyl (C=O) groups excluding carboxylic acids is 1. The van der Waals surface area contributed by atoms with Crippen molar-refractivity contribution in [2.45, 2.75) is 0 Å². The van der Waals surface area contributed by atoms with Gasteiger partial charge in [-0.3, -0.25) is 4.79 Å². The Labute approximate surface area is 71.5 Å². The highest BCUT2D eigenvalue weighted by molar-refractivity contribution is 9.10. The Morgan fingerprint density at radius 2 is 2.27 bits per heavy atom. The maximum atomic E-state index is 12.7. The summed E-state index contributed by atoms with van der Waals surface area (Å²) in [6.45, 7) is 0. The number of hydrogen-bond donors (Lipinski definition) is 1. The van der Waals surface area contributed by atoms with Gasteiger partial charge >= 0.3 is 0 Å². The minimum atomic E-state index is -0.444. The number of rotatable bonds is 2. The fourth-order valence-electron chi connectivity index (χ4n) is 0.672. The highest BCUT2D eigenvalue weighted by atomic mass is 79.9. The molecule has 1 amide bonds. The molecule has 0 fully saturated rings. The van der Waals surface area contributed by atoms with Gasteiger partial charge < -0.3 is 5.32 Å². The van der Waals surface area contributed by atoms with Crippen molar-refractivity contribution in [1.82, 2.24) is 0 Å². The van der Waals surface area contributed by atoms with Crippen LogP contribution in [0, 0.1) is 5.82 Å². The van der Waals surface area contributed by atoms with Crippen molar-refractivity contribution in [3.8, 4) is 0 Å². The zero-order chi connectivity index (χ0) is 8.27. The van der Waals surface area contributed by atoms with Crippen LogP contribution in [0.5, 0.6) is 0 Å². The molecule has 1 N–H and O–H groups in total. The highest BCUT2D eigenvalue weighted by Crippen LogP contribution is 2.18. The quantitative estimate of drug-likeness (QED) is 0.757.